The number of quaternary nitrogens is 1. The summed E-state index contributed by atoms with van der Waals surface area (Å²) in [6, 6.07) is 0. The number of hydrogen-bond acceptors (Lipinski definition) is 4. The normalized spacial score (nSPS) is 15.0. The molecule has 0 aliphatic carbocycles. The molecule has 0 aromatic rings. The third kappa shape index (κ3) is 22.6. The Morgan fingerprint density at radius 1 is 0.522 bits per heavy atom. The van der Waals surface area contributed by atoms with Crippen LogP contribution >= 0.6 is 0 Å². The molecule has 2 N–H and O–H groups in total. The third-order valence-electron chi connectivity index (χ3n) is 9.99. The summed E-state index contributed by atoms with van der Waals surface area (Å²) in [5.74, 6) is -4.93. The molecule has 3 unspecified atom stereocenters. The van der Waals surface area contributed by atoms with Crippen molar-refractivity contribution in [1.29, 1.82) is 0 Å². The van der Waals surface area contributed by atoms with Crippen LogP contribution in [0.25, 0.3) is 0 Å². The second kappa shape index (κ2) is 29.3. The topological polar surface area (TPSA) is 115 Å². The lowest BCUT2D eigenvalue weighted by Gasteiger charge is -2.44. The molecule has 0 heterocycles. The van der Waals surface area contributed by atoms with Crippen molar-refractivity contribution < 1.29 is 34.2 Å². The van der Waals surface area contributed by atoms with E-state index < -0.39 is 35.7 Å². The summed E-state index contributed by atoms with van der Waals surface area (Å²) < 4.78 is 0.222. The Balaban J connectivity index is 4.40. The number of unbranched alkanes of at least 4 members (excludes halogenated alkanes) is 18. The first-order chi connectivity index (χ1) is 22.2. The number of carboxylic acids is 3. The van der Waals surface area contributed by atoms with Gasteiger partial charge in [0.15, 0.2) is 0 Å². The highest BCUT2D eigenvalue weighted by atomic mass is 16.4. The monoisotopic (exact) mass is 652 g/mol. The minimum absolute atomic E-state index is 0.222. The standard InChI is InChI=1S/C39H73NO6/c1-5-9-10-11-12-13-14-15-16-17-18-19-20-21-22-23-24-25-26-27-28-29-30-40(31-34(6-2)37(41)42,32-35(7-3)38(43)44)33-36(8-4)39(45)46/h9-10,34-36H,5-8,11-33H2,1-4H3,(H2-,41,42,43,44,45,46)/b10-9+. The summed E-state index contributed by atoms with van der Waals surface area (Å²) in [6.07, 6.45) is 31.2. The fourth-order valence-corrected chi connectivity index (χ4v) is 6.86. The minimum atomic E-state index is -1.14. The van der Waals surface area contributed by atoms with E-state index in [0.717, 1.165) is 25.7 Å². The Labute approximate surface area is 283 Å². The smallest absolute Gasteiger partial charge is 0.312 e. The number of hydrogen-bond donors (Lipinski definition) is 2. The summed E-state index contributed by atoms with van der Waals surface area (Å²) in [5, 5.41) is 31.6. The molecule has 0 aromatic carbocycles. The van der Waals surface area contributed by atoms with Gasteiger partial charge >= 0.3 is 11.9 Å². The highest BCUT2D eigenvalue weighted by Gasteiger charge is 2.39. The number of rotatable bonds is 34. The molecule has 0 spiro atoms. The molecule has 7 heteroatoms. The maximum absolute atomic E-state index is 12.0. The van der Waals surface area contributed by atoms with Crippen LogP contribution in [-0.2, 0) is 14.4 Å². The van der Waals surface area contributed by atoms with Crippen molar-refractivity contribution in [2.45, 2.75) is 175 Å². The van der Waals surface area contributed by atoms with E-state index in [0.29, 0.717) is 25.8 Å². The van der Waals surface area contributed by atoms with Crippen LogP contribution in [-0.4, -0.2) is 58.8 Å². The van der Waals surface area contributed by atoms with Gasteiger partial charge in [-0.05, 0) is 51.4 Å². The zero-order valence-corrected chi connectivity index (χ0v) is 30.5. The second-order valence-corrected chi connectivity index (χ2v) is 14.0. The van der Waals surface area contributed by atoms with E-state index in [2.05, 4.69) is 19.1 Å². The molecule has 0 radical (unpaired) electrons. The SMILES string of the molecule is CC/C=C/CCCCCCCCCCCCCCCCCCCC[N+](CC(CC)C(=O)[O-])(CC(CC)C(=O)O)CC(CC)C(=O)O. The van der Waals surface area contributed by atoms with Gasteiger partial charge in [0.25, 0.3) is 0 Å². The first-order valence-electron chi connectivity index (χ1n) is 19.3. The predicted molar refractivity (Wildman–Crippen MR) is 189 cm³/mol. The largest absolute Gasteiger partial charge is 0.550 e. The molecule has 0 rings (SSSR count). The molecule has 0 fully saturated rings. The van der Waals surface area contributed by atoms with Gasteiger partial charge in [0.1, 0.15) is 11.8 Å². The van der Waals surface area contributed by atoms with Crippen LogP contribution in [0.3, 0.4) is 0 Å². The number of aliphatic carboxylic acids is 3. The quantitative estimate of drug-likeness (QED) is 0.0407. The minimum Gasteiger partial charge on any atom is -0.550 e. The van der Waals surface area contributed by atoms with Gasteiger partial charge < -0.3 is 24.6 Å². The van der Waals surface area contributed by atoms with Gasteiger partial charge in [-0.3, -0.25) is 9.59 Å². The van der Waals surface area contributed by atoms with Crippen LogP contribution in [0.15, 0.2) is 12.2 Å². The van der Waals surface area contributed by atoms with Gasteiger partial charge in [-0.1, -0.05) is 136 Å². The molecule has 0 amide bonds. The summed E-state index contributed by atoms with van der Waals surface area (Å²) in [6.45, 7) is 9.00. The Hall–Kier alpha value is -1.89. The van der Waals surface area contributed by atoms with Crippen molar-refractivity contribution in [3.05, 3.63) is 12.2 Å². The van der Waals surface area contributed by atoms with E-state index in [1.165, 1.54) is 103 Å². The summed E-state index contributed by atoms with van der Waals surface area (Å²) in [7, 11) is 0. The number of nitrogens with zero attached hydrogens (tertiary/aromatic N) is 1. The molecule has 0 bridgehead atoms. The van der Waals surface area contributed by atoms with Crippen molar-refractivity contribution >= 4 is 17.9 Å². The zero-order chi connectivity index (χ0) is 34.5. The first-order valence-corrected chi connectivity index (χ1v) is 19.3. The van der Waals surface area contributed by atoms with E-state index in [1.54, 1.807) is 6.92 Å². The number of allylic oxidation sites excluding steroid dienone is 2. The fraction of sp³-hybridized carbons (Fsp3) is 0.872. The molecule has 3 atom stereocenters. The van der Waals surface area contributed by atoms with Crippen LogP contribution in [0.2, 0.25) is 0 Å². The van der Waals surface area contributed by atoms with Crippen LogP contribution in [0.1, 0.15) is 175 Å². The number of carbonyl (C=O) groups excluding carboxylic acids is 1. The van der Waals surface area contributed by atoms with E-state index >= 15 is 0 Å². The molecule has 0 saturated heterocycles. The molecule has 270 valence electrons. The van der Waals surface area contributed by atoms with E-state index in [9.17, 15) is 29.7 Å². The van der Waals surface area contributed by atoms with Gasteiger partial charge in [-0.25, -0.2) is 0 Å². The molecule has 0 aromatic heterocycles. The molecule has 0 aliphatic rings. The van der Waals surface area contributed by atoms with Crippen LogP contribution in [0.5, 0.6) is 0 Å². The van der Waals surface area contributed by atoms with E-state index in [-0.39, 0.29) is 24.1 Å². The highest BCUT2D eigenvalue weighted by molar-refractivity contribution is 5.70. The number of carbonyl (C=O) groups is 3. The van der Waals surface area contributed by atoms with Gasteiger partial charge in [-0.15, -0.1) is 0 Å². The lowest BCUT2D eigenvalue weighted by molar-refractivity contribution is -0.935. The van der Waals surface area contributed by atoms with E-state index in [4.69, 9.17) is 0 Å². The van der Waals surface area contributed by atoms with Gasteiger partial charge in [-0.2, -0.15) is 0 Å². The Kier molecular flexibility index (Phi) is 28.1. The number of carboxylic acid groups (broad SMARTS) is 3. The predicted octanol–water partition coefficient (Wildman–Crippen LogP) is 9.18. The molecule has 0 aliphatic heterocycles. The van der Waals surface area contributed by atoms with Crippen molar-refractivity contribution in [1.82, 2.24) is 0 Å². The van der Waals surface area contributed by atoms with Crippen LogP contribution < -0.4 is 5.11 Å². The fourth-order valence-electron chi connectivity index (χ4n) is 6.86. The van der Waals surface area contributed by atoms with Crippen LogP contribution in [0, 0.1) is 17.8 Å². The van der Waals surface area contributed by atoms with Crippen molar-refractivity contribution in [3.63, 3.8) is 0 Å². The third-order valence-corrected chi connectivity index (χ3v) is 9.99. The van der Waals surface area contributed by atoms with Crippen molar-refractivity contribution in [3.8, 4) is 0 Å². The van der Waals surface area contributed by atoms with Crippen molar-refractivity contribution in [2.24, 2.45) is 17.8 Å². The summed E-state index contributed by atoms with van der Waals surface area (Å²) in [5.41, 5.74) is 0. The average Bonchev–Trinajstić information content (AvgIpc) is 3.03. The Morgan fingerprint density at radius 3 is 1.15 bits per heavy atom. The maximum atomic E-state index is 12.0. The van der Waals surface area contributed by atoms with Gasteiger partial charge in [0, 0.05) is 5.92 Å². The van der Waals surface area contributed by atoms with Crippen molar-refractivity contribution in [2.75, 3.05) is 26.2 Å². The Morgan fingerprint density at radius 2 is 0.848 bits per heavy atom. The lowest BCUT2D eigenvalue weighted by Crippen LogP contribution is -2.59. The van der Waals surface area contributed by atoms with Gasteiger partial charge in [0.2, 0.25) is 0 Å². The Bertz CT molecular complexity index is 738. The average molecular weight is 652 g/mol. The van der Waals surface area contributed by atoms with E-state index in [1.807, 2.05) is 13.8 Å². The summed E-state index contributed by atoms with van der Waals surface area (Å²) in [4.78, 5) is 35.9. The first kappa shape index (κ1) is 44.1. The second-order valence-electron chi connectivity index (χ2n) is 14.0. The maximum Gasteiger partial charge on any atom is 0.312 e. The molecular weight excluding hydrogens is 578 g/mol. The molecule has 46 heavy (non-hydrogen) atoms. The van der Waals surface area contributed by atoms with Gasteiger partial charge in [0.05, 0.1) is 32.1 Å². The highest BCUT2D eigenvalue weighted by Crippen LogP contribution is 2.25. The zero-order valence-electron chi connectivity index (χ0n) is 30.5. The molecule has 0 saturated carbocycles. The molecular formula is C39H73NO6. The lowest BCUT2D eigenvalue weighted by atomic mass is 9.95. The van der Waals surface area contributed by atoms with Crippen LogP contribution in [0.4, 0.5) is 0 Å². The summed E-state index contributed by atoms with van der Waals surface area (Å²) >= 11 is 0. The molecule has 7 nitrogen and oxygen atoms in total.